The Hall–Kier alpha value is 0.160. The molecular formula is C8H13IN2O. The molecule has 0 saturated carbocycles. The third kappa shape index (κ3) is 1.59. The van der Waals surface area contributed by atoms with Crippen molar-refractivity contribution in [3.63, 3.8) is 0 Å². The van der Waals surface area contributed by atoms with Crippen molar-refractivity contribution in [2.75, 3.05) is 19.6 Å². The van der Waals surface area contributed by atoms with Crippen LogP contribution in [0.1, 0.15) is 19.3 Å². The van der Waals surface area contributed by atoms with Crippen molar-refractivity contribution in [2.45, 2.75) is 19.3 Å². The predicted octanol–water partition coefficient (Wildman–Crippen LogP) is 0.939. The van der Waals surface area contributed by atoms with E-state index in [1.165, 1.54) is 12.8 Å². The number of nitrogens with zero attached hydrogens (tertiary/aromatic N) is 1. The van der Waals surface area contributed by atoms with E-state index in [9.17, 15) is 4.79 Å². The Bertz CT molecular complexity index is 199. The summed E-state index contributed by atoms with van der Waals surface area (Å²) in [7, 11) is 0. The van der Waals surface area contributed by atoms with E-state index in [4.69, 9.17) is 0 Å². The zero-order valence-corrected chi connectivity index (χ0v) is 9.13. The number of nitrogens with one attached hydrogen (secondary N) is 1. The van der Waals surface area contributed by atoms with Crippen molar-refractivity contribution >= 4 is 28.8 Å². The summed E-state index contributed by atoms with van der Waals surface area (Å²) in [6.45, 7) is 3.18. The number of halogens is 1. The first-order valence-electron chi connectivity index (χ1n) is 4.38. The summed E-state index contributed by atoms with van der Waals surface area (Å²) in [5.41, 5.74) is 0.318. The fourth-order valence-corrected chi connectivity index (χ4v) is 2.54. The maximum absolute atomic E-state index is 11.1. The molecular weight excluding hydrogens is 267 g/mol. The summed E-state index contributed by atoms with van der Waals surface area (Å²) in [5.74, 6) is 0.247. The number of hydrogen-bond donors (Lipinski definition) is 1. The Morgan fingerprint density at radius 1 is 1.42 bits per heavy atom. The monoisotopic (exact) mass is 280 g/mol. The van der Waals surface area contributed by atoms with Gasteiger partial charge in [0.15, 0.2) is 0 Å². The zero-order valence-electron chi connectivity index (χ0n) is 6.98. The summed E-state index contributed by atoms with van der Waals surface area (Å²) < 4.78 is 2.31. The molecule has 0 aromatic rings. The van der Waals surface area contributed by atoms with Crippen LogP contribution in [0.2, 0.25) is 0 Å². The van der Waals surface area contributed by atoms with Gasteiger partial charge in [-0.2, -0.15) is 0 Å². The molecule has 1 N–H and O–H groups in total. The average molecular weight is 280 g/mol. The van der Waals surface area contributed by atoms with Gasteiger partial charge in [0.2, 0.25) is 5.91 Å². The molecule has 2 heterocycles. The molecule has 0 bridgehead atoms. The van der Waals surface area contributed by atoms with Crippen molar-refractivity contribution in [3.05, 3.63) is 0 Å². The Kier molecular flexibility index (Phi) is 2.29. The third-order valence-electron chi connectivity index (χ3n) is 2.97. The lowest BCUT2D eigenvalue weighted by Gasteiger charge is -2.35. The first-order valence-corrected chi connectivity index (χ1v) is 5.34. The third-order valence-corrected chi connectivity index (χ3v) is 3.93. The van der Waals surface area contributed by atoms with E-state index in [2.05, 4.69) is 31.3 Å². The van der Waals surface area contributed by atoms with Crippen molar-refractivity contribution < 1.29 is 4.79 Å². The van der Waals surface area contributed by atoms with Crippen LogP contribution in [-0.4, -0.2) is 28.7 Å². The first kappa shape index (κ1) is 8.74. The van der Waals surface area contributed by atoms with Gasteiger partial charge in [-0.05, 0) is 18.3 Å². The van der Waals surface area contributed by atoms with E-state index in [-0.39, 0.29) is 5.91 Å². The van der Waals surface area contributed by atoms with Gasteiger partial charge < -0.3 is 5.32 Å². The van der Waals surface area contributed by atoms with E-state index in [1.54, 1.807) is 0 Å². The Labute approximate surface area is 86.4 Å². The van der Waals surface area contributed by atoms with E-state index in [1.807, 2.05) is 0 Å². The maximum Gasteiger partial charge on any atom is 0.220 e. The minimum atomic E-state index is 0.247. The molecule has 0 unspecified atom stereocenters. The molecule has 0 aromatic carbocycles. The van der Waals surface area contributed by atoms with Gasteiger partial charge in [0.1, 0.15) is 0 Å². The Morgan fingerprint density at radius 2 is 2.08 bits per heavy atom. The molecule has 4 heteroatoms. The second-order valence-electron chi connectivity index (χ2n) is 3.86. The summed E-state index contributed by atoms with van der Waals surface area (Å²) in [6.07, 6.45) is 3.11. The topological polar surface area (TPSA) is 32.3 Å². The van der Waals surface area contributed by atoms with Crippen molar-refractivity contribution in [2.24, 2.45) is 5.41 Å². The van der Waals surface area contributed by atoms with Gasteiger partial charge in [-0.1, -0.05) is 0 Å². The second kappa shape index (κ2) is 3.14. The van der Waals surface area contributed by atoms with Gasteiger partial charge in [0.25, 0.3) is 0 Å². The highest BCUT2D eigenvalue weighted by atomic mass is 127. The highest BCUT2D eigenvalue weighted by molar-refractivity contribution is 14.1. The van der Waals surface area contributed by atoms with Crippen LogP contribution in [0.4, 0.5) is 0 Å². The van der Waals surface area contributed by atoms with Crippen LogP contribution in [0.3, 0.4) is 0 Å². The zero-order chi connectivity index (χ0) is 8.60. The van der Waals surface area contributed by atoms with Crippen molar-refractivity contribution in [1.82, 2.24) is 8.43 Å². The minimum Gasteiger partial charge on any atom is -0.356 e. The number of piperidine rings is 1. The number of carbonyl (C=O) groups is 1. The van der Waals surface area contributed by atoms with Gasteiger partial charge in [-0.3, -0.25) is 4.79 Å². The highest BCUT2D eigenvalue weighted by Crippen LogP contribution is 2.37. The number of amides is 1. The van der Waals surface area contributed by atoms with Crippen LogP contribution in [-0.2, 0) is 4.79 Å². The highest BCUT2D eigenvalue weighted by Gasteiger charge is 2.40. The molecule has 1 spiro atoms. The molecule has 0 radical (unpaired) electrons. The number of carbonyl (C=O) groups excluding carboxylic acids is 1. The van der Waals surface area contributed by atoms with Crippen LogP contribution >= 0.6 is 22.9 Å². The lowest BCUT2D eigenvalue weighted by atomic mass is 9.78. The van der Waals surface area contributed by atoms with Crippen molar-refractivity contribution in [1.29, 1.82) is 0 Å². The molecule has 2 aliphatic rings. The van der Waals surface area contributed by atoms with Crippen LogP contribution in [0.15, 0.2) is 0 Å². The van der Waals surface area contributed by atoms with E-state index >= 15 is 0 Å². The molecule has 2 aliphatic heterocycles. The van der Waals surface area contributed by atoms with Crippen LogP contribution in [0.5, 0.6) is 0 Å². The molecule has 0 atom stereocenters. The SMILES string of the molecule is O=C1CC2(CCN(I)CC2)CN1. The lowest BCUT2D eigenvalue weighted by Crippen LogP contribution is -2.36. The van der Waals surface area contributed by atoms with E-state index in [0.717, 1.165) is 26.1 Å². The maximum atomic E-state index is 11.1. The summed E-state index contributed by atoms with van der Waals surface area (Å²) in [4.78, 5) is 11.1. The second-order valence-corrected chi connectivity index (χ2v) is 5.23. The summed E-state index contributed by atoms with van der Waals surface area (Å²) in [5, 5.41) is 2.93. The van der Waals surface area contributed by atoms with Gasteiger partial charge >= 0.3 is 0 Å². The number of rotatable bonds is 0. The molecule has 0 aliphatic carbocycles. The van der Waals surface area contributed by atoms with Gasteiger partial charge in [-0.25, -0.2) is 3.11 Å². The summed E-state index contributed by atoms with van der Waals surface area (Å²) in [6, 6.07) is 0. The van der Waals surface area contributed by atoms with Crippen molar-refractivity contribution in [3.8, 4) is 0 Å². The Morgan fingerprint density at radius 3 is 2.58 bits per heavy atom. The van der Waals surface area contributed by atoms with E-state index in [0.29, 0.717) is 5.41 Å². The average Bonchev–Trinajstić information content (AvgIpc) is 2.40. The van der Waals surface area contributed by atoms with Gasteiger partial charge in [0, 0.05) is 48.9 Å². The van der Waals surface area contributed by atoms with Gasteiger partial charge in [-0.15, -0.1) is 0 Å². The smallest absolute Gasteiger partial charge is 0.220 e. The largest absolute Gasteiger partial charge is 0.356 e. The Balaban J connectivity index is 1.99. The summed E-state index contributed by atoms with van der Waals surface area (Å²) >= 11 is 2.36. The lowest BCUT2D eigenvalue weighted by molar-refractivity contribution is -0.119. The first-order chi connectivity index (χ1) is 5.70. The number of hydrogen-bond acceptors (Lipinski definition) is 2. The molecule has 0 aromatic heterocycles. The minimum absolute atomic E-state index is 0.247. The molecule has 68 valence electrons. The fourth-order valence-electron chi connectivity index (χ4n) is 2.06. The van der Waals surface area contributed by atoms with Gasteiger partial charge in [0.05, 0.1) is 0 Å². The molecule has 2 saturated heterocycles. The standard InChI is InChI=1S/C8H13IN2O/c9-11-3-1-8(2-4-11)5-7(12)10-6-8/h1-6H2,(H,10,12). The molecule has 3 nitrogen and oxygen atoms in total. The quantitative estimate of drug-likeness (QED) is 0.529. The normalized spacial score (nSPS) is 29.2. The van der Waals surface area contributed by atoms with Crippen LogP contribution in [0, 0.1) is 5.41 Å². The molecule has 2 fully saturated rings. The van der Waals surface area contributed by atoms with E-state index < -0.39 is 0 Å². The fraction of sp³-hybridized carbons (Fsp3) is 0.875. The molecule has 1 amide bonds. The molecule has 2 rings (SSSR count). The molecule has 12 heavy (non-hydrogen) atoms. The predicted molar refractivity (Wildman–Crippen MR) is 54.9 cm³/mol. The van der Waals surface area contributed by atoms with Crippen LogP contribution < -0.4 is 5.32 Å². The van der Waals surface area contributed by atoms with Crippen LogP contribution in [0.25, 0.3) is 0 Å².